The van der Waals surface area contributed by atoms with Crippen LogP contribution in [0.25, 0.3) is 0 Å². The van der Waals surface area contributed by atoms with Crippen LogP contribution in [0.5, 0.6) is 0 Å². The lowest BCUT2D eigenvalue weighted by Crippen LogP contribution is -2.48. The minimum Gasteiger partial charge on any atom is -0.465 e. The summed E-state index contributed by atoms with van der Waals surface area (Å²) in [5, 5.41) is 23.7. The quantitative estimate of drug-likeness (QED) is 0.352. The molecule has 0 spiro atoms. The Kier molecular flexibility index (Phi) is 9.09. The fourth-order valence-corrected chi connectivity index (χ4v) is 8.52. The van der Waals surface area contributed by atoms with Crippen LogP contribution in [-0.4, -0.2) is 67.8 Å². The highest BCUT2D eigenvalue weighted by molar-refractivity contribution is 5.75. The SMILES string of the molecule is CC1(C)CC(C(=O)OCC2CCC(C3CCC(COC(=O)C4CC(C)(C)N(O)C4(C)C)CC3)CC2)C(C)(C)N1O. The third-order valence-corrected chi connectivity index (χ3v) is 11.3. The van der Waals surface area contributed by atoms with Crippen molar-refractivity contribution in [2.24, 2.45) is 35.5 Å². The van der Waals surface area contributed by atoms with Gasteiger partial charge in [-0.1, -0.05) is 0 Å². The van der Waals surface area contributed by atoms with Gasteiger partial charge < -0.3 is 19.9 Å². The van der Waals surface area contributed by atoms with Gasteiger partial charge in [-0.25, -0.2) is 0 Å². The number of carbonyl (C=O) groups is 2. The van der Waals surface area contributed by atoms with E-state index in [4.69, 9.17) is 9.47 Å². The van der Waals surface area contributed by atoms with E-state index in [9.17, 15) is 20.0 Å². The van der Waals surface area contributed by atoms with Gasteiger partial charge in [0.1, 0.15) is 0 Å². The molecule has 0 amide bonds. The molecule has 2 saturated carbocycles. The van der Waals surface area contributed by atoms with Gasteiger partial charge in [-0.2, -0.15) is 10.1 Å². The maximum absolute atomic E-state index is 12.9. The second kappa shape index (κ2) is 11.5. The summed E-state index contributed by atoms with van der Waals surface area (Å²) in [7, 11) is 0. The lowest BCUT2D eigenvalue weighted by atomic mass is 9.69. The Morgan fingerprint density at radius 3 is 1.15 bits per heavy atom. The fourth-order valence-electron chi connectivity index (χ4n) is 8.52. The van der Waals surface area contributed by atoms with Crippen molar-refractivity contribution in [2.75, 3.05) is 13.2 Å². The van der Waals surface area contributed by atoms with Gasteiger partial charge in [0.25, 0.3) is 0 Å². The fraction of sp³-hybridized carbons (Fsp3) is 0.938. The van der Waals surface area contributed by atoms with Crippen LogP contribution < -0.4 is 0 Å². The molecule has 4 fully saturated rings. The topological polar surface area (TPSA) is 99.5 Å². The van der Waals surface area contributed by atoms with Crippen molar-refractivity contribution >= 4 is 11.9 Å². The minimum absolute atomic E-state index is 0.176. The highest BCUT2D eigenvalue weighted by Gasteiger charge is 2.56. The zero-order valence-electron chi connectivity index (χ0n) is 26.4. The Morgan fingerprint density at radius 2 is 0.900 bits per heavy atom. The number of esters is 2. The summed E-state index contributed by atoms with van der Waals surface area (Å²) in [6, 6.07) is 0. The molecule has 4 aliphatic rings. The summed E-state index contributed by atoms with van der Waals surface area (Å²) < 4.78 is 11.6. The molecule has 4 rings (SSSR count). The smallest absolute Gasteiger partial charge is 0.310 e. The van der Waals surface area contributed by atoms with E-state index in [1.807, 2.05) is 55.4 Å². The maximum atomic E-state index is 12.9. The Hall–Kier alpha value is -1.22. The number of ether oxygens (including phenoxy) is 2. The van der Waals surface area contributed by atoms with Gasteiger partial charge in [-0.05, 0) is 143 Å². The second-order valence-electron chi connectivity index (χ2n) is 15.9. The van der Waals surface area contributed by atoms with E-state index in [1.165, 1.54) is 35.8 Å². The monoisotopic (exact) mass is 564 g/mol. The molecular weight excluding hydrogens is 508 g/mol. The van der Waals surface area contributed by atoms with Crippen LogP contribution >= 0.6 is 0 Å². The highest BCUT2D eigenvalue weighted by Crippen LogP contribution is 2.46. The van der Waals surface area contributed by atoms with Crippen molar-refractivity contribution < 1.29 is 29.5 Å². The normalized spacial score (nSPS) is 37.2. The van der Waals surface area contributed by atoms with Crippen molar-refractivity contribution in [3.63, 3.8) is 0 Å². The molecular formula is C32H56N2O6. The van der Waals surface area contributed by atoms with E-state index in [2.05, 4.69) is 0 Å². The van der Waals surface area contributed by atoms with Crippen LogP contribution in [0.1, 0.15) is 120 Å². The van der Waals surface area contributed by atoms with E-state index in [-0.39, 0.29) is 23.8 Å². The first-order chi connectivity index (χ1) is 18.5. The van der Waals surface area contributed by atoms with Gasteiger partial charge in [0, 0.05) is 11.1 Å². The minimum atomic E-state index is -0.625. The van der Waals surface area contributed by atoms with Gasteiger partial charge >= 0.3 is 11.9 Å². The van der Waals surface area contributed by atoms with Gasteiger partial charge in [0.2, 0.25) is 0 Å². The van der Waals surface area contributed by atoms with Crippen LogP contribution in [0.4, 0.5) is 0 Å². The lowest BCUT2D eigenvalue weighted by molar-refractivity contribution is -0.200. The molecule has 2 saturated heterocycles. The summed E-state index contributed by atoms with van der Waals surface area (Å²) in [6.07, 6.45) is 10.4. The van der Waals surface area contributed by atoms with Crippen molar-refractivity contribution in [3.05, 3.63) is 0 Å². The molecule has 2 aliphatic carbocycles. The molecule has 0 bridgehead atoms. The van der Waals surface area contributed by atoms with E-state index < -0.39 is 22.2 Å². The maximum Gasteiger partial charge on any atom is 0.310 e. The Bertz CT molecular complexity index is 840. The third-order valence-electron chi connectivity index (χ3n) is 11.3. The number of hydroxylamine groups is 4. The first kappa shape index (κ1) is 31.7. The summed E-state index contributed by atoms with van der Waals surface area (Å²) in [5.41, 5.74) is -2.12. The van der Waals surface area contributed by atoms with Crippen LogP contribution in [0.3, 0.4) is 0 Å². The van der Waals surface area contributed by atoms with Crippen LogP contribution in [0, 0.1) is 35.5 Å². The number of hydrogen-bond acceptors (Lipinski definition) is 8. The Morgan fingerprint density at radius 1 is 0.600 bits per heavy atom. The molecule has 2 atom stereocenters. The molecule has 2 N–H and O–H groups in total. The summed E-state index contributed by atoms with van der Waals surface area (Å²) in [5.74, 6) is 1.35. The number of hydrogen-bond donors (Lipinski definition) is 2. The predicted octanol–water partition coefficient (Wildman–Crippen LogP) is 6.22. The zero-order chi connectivity index (χ0) is 29.7. The van der Waals surface area contributed by atoms with Gasteiger partial charge in [0.15, 0.2) is 0 Å². The molecule has 0 aromatic heterocycles. The standard InChI is InChI=1S/C32H56N2O6/c1-29(2)17-25(31(5,6)33(29)37)27(35)39-19-21-9-13-23(14-10-21)24-15-11-22(12-16-24)20-40-28(36)26-18-30(3,4)34(38)32(26,7)8/h21-26,37-38H,9-20H2,1-8H3. The third kappa shape index (κ3) is 6.25. The van der Waals surface area contributed by atoms with Crippen molar-refractivity contribution in [3.8, 4) is 0 Å². The molecule has 8 heteroatoms. The molecule has 0 aromatic rings. The van der Waals surface area contributed by atoms with Crippen LogP contribution in [0.15, 0.2) is 0 Å². The number of nitrogens with zero attached hydrogens (tertiary/aromatic N) is 2. The average molecular weight is 565 g/mol. The van der Waals surface area contributed by atoms with E-state index in [1.54, 1.807) is 0 Å². The second-order valence-corrected chi connectivity index (χ2v) is 15.9. The first-order valence-electron chi connectivity index (χ1n) is 15.8. The Balaban J connectivity index is 1.14. The van der Waals surface area contributed by atoms with Gasteiger partial charge in [0.05, 0.1) is 36.1 Å². The Labute approximate surface area is 242 Å². The molecule has 2 aliphatic heterocycles. The van der Waals surface area contributed by atoms with E-state index in [0.29, 0.717) is 37.9 Å². The summed E-state index contributed by atoms with van der Waals surface area (Å²) in [4.78, 5) is 25.8. The predicted molar refractivity (Wildman–Crippen MR) is 153 cm³/mol. The number of carbonyl (C=O) groups excluding carboxylic acids is 2. The molecule has 0 radical (unpaired) electrons. The zero-order valence-corrected chi connectivity index (χ0v) is 26.4. The van der Waals surface area contributed by atoms with Crippen molar-refractivity contribution in [2.45, 2.75) is 142 Å². The molecule has 230 valence electrons. The molecule has 2 heterocycles. The summed E-state index contributed by atoms with van der Waals surface area (Å²) in [6.45, 7) is 16.5. The molecule has 2 unspecified atom stereocenters. The van der Waals surface area contributed by atoms with Gasteiger partial charge in [-0.3, -0.25) is 9.59 Å². The largest absolute Gasteiger partial charge is 0.465 e. The van der Waals surface area contributed by atoms with Crippen LogP contribution in [0.2, 0.25) is 0 Å². The highest BCUT2D eigenvalue weighted by atomic mass is 16.5. The van der Waals surface area contributed by atoms with Crippen molar-refractivity contribution in [1.29, 1.82) is 0 Å². The van der Waals surface area contributed by atoms with Crippen LogP contribution in [-0.2, 0) is 19.1 Å². The molecule has 40 heavy (non-hydrogen) atoms. The number of rotatable bonds is 7. The van der Waals surface area contributed by atoms with E-state index >= 15 is 0 Å². The van der Waals surface area contributed by atoms with Crippen molar-refractivity contribution in [1.82, 2.24) is 10.1 Å². The first-order valence-corrected chi connectivity index (χ1v) is 15.8. The molecule has 8 nitrogen and oxygen atoms in total. The molecule has 0 aromatic carbocycles. The average Bonchev–Trinajstić information content (AvgIpc) is 3.18. The lowest BCUT2D eigenvalue weighted by Gasteiger charge is -2.38. The van der Waals surface area contributed by atoms with Gasteiger partial charge in [-0.15, -0.1) is 0 Å². The summed E-state index contributed by atoms with van der Waals surface area (Å²) >= 11 is 0. The van der Waals surface area contributed by atoms with E-state index in [0.717, 1.165) is 37.5 Å².